The lowest BCUT2D eigenvalue weighted by Crippen LogP contribution is -2.16. The Bertz CT molecular complexity index is 501. The van der Waals surface area contributed by atoms with Crippen LogP contribution < -0.4 is 0 Å². The maximum absolute atomic E-state index is 9.70. The summed E-state index contributed by atoms with van der Waals surface area (Å²) in [5, 5.41) is 9.70. The van der Waals surface area contributed by atoms with E-state index in [1.54, 1.807) is 12.3 Å². The second-order valence-electron chi connectivity index (χ2n) is 4.15. The molecule has 1 N–H and O–H groups in total. The molecule has 0 amide bonds. The van der Waals surface area contributed by atoms with Crippen LogP contribution >= 0.6 is 0 Å². The molecule has 0 bridgehead atoms. The molecule has 0 aliphatic carbocycles. The van der Waals surface area contributed by atoms with Gasteiger partial charge in [-0.1, -0.05) is 0 Å². The van der Waals surface area contributed by atoms with E-state index in [4.69, 9.17) is 4.74 Å². The predicted molar refractivity (Wildman–Crippen MR) is 59.7 cm³/mol. The van der Waals surface area contributed by atoms with Crippen molar-refractivity contribution >= 4 is 5.52 Å². The molecule has 0 atom stereocenters. The first kappa shape index (κ1) is 9.66. The number of fused-ring (bicyclic) bond motifs is 1. The fraction of sp³-hybridized carbons (Fsp3) is 0.417. The zero-order chi connectivity index (χ0) is 11.0. The number of imidazole rings is 1. The first-order valence-electron chi connectivity index (χ1n) is 5.59. The van der Waals surface area contributed by atoms with Gasteiger partial charge >= 0.3 is 0 Å². The third-order valence-corrected chi connectivity index (χ3v) is 3.16. The van der Waals surface area contributed by atoms with E-state index < -0.39 is 0 Å². The van der Waals surface area contributed by atoms with Crippen molar-refractivity contribution in [3.05, 3.63) is 30.4 Å². The predicted octanol–water partition coefficient (Wildman–Crippen LogP) is 1.93. The van der Waals surface area contributed by atoms with Gasteiger partial charge in [0.05, 0.1) is 6.20 Å². The van der Waals surface area contributed by atoms with Gasteiger partial charge in [-0.25, -0.2) is 4.98 Å². The van der Waals surface area contributed by atoms with Crippen molar-refractivity contribution in [2.75, 3.05) is 13.2 Å². The first-order chi connectivity index (χ1) is 7.86. The molecule has 1 aliphatic heterocycles. The summed E-state index contributed by atoms with van der Waals surface area (Å²) in [6.07, 6.45) is 5.70. The van der Waals surface area contributed by atoms with Crippen molar-refractivity contribution in [3.63, 3.8) is 0 Å². The molecule has 3 heterocycles. The summed E-state index contributed by atoms with van der Waals surface area (Å²) in [6.45, 7) is 1.61. The number of aromatic hydroxyl groups is 1. The fourth-order valence-corrected chi connectivity index (χ4v) is 2.28. The molecule has 16 heavy (non-hydrogen) atoms. The van der Waals surface area contributed by atoms with E-state index >= 15 is 0 Å². The summed E-state index contributed by atoms with van der Waals surface area (Å²) in [5.41, 5.74) is 0.781. The molecular formula is C12H14N2O2. The Labute approximate surface area is 93.5 Å². The van der Waals surface area contributed by atoms with Gasteiger partial charge in [0, 0.05) is 25.3 Å². The molecule has 4 heteroatoms. The van der Waals surface area contributed by atoms with E-state index in [0.717, 1.165) is 37.4 Å². The van der Waals surface area contributed by atoms with Crippen molar-refractivity contribution in [2.24, 2.45) is 0 Å². The standard InChI is InChI=1S/C12H14N2O2/c15-11-2-1-5-14-10(11)8-13-12(14)9-3-6-16-7-4-9/h1-2,5,8-9,15H,3-4,6-7H2. The maximum Gasteiger partial charge on any atom is 0.141 e. The van der Waals surface area contributed by atoms with Crippen LogP contribution in [-0.2, 0) is 4.74 Å². The van der Waals surface area contributed by atoms with E-state index in [2.05, 4.69) is 4.98 Å². The summed E-state index contributed by atoms with van der Waals surface area (Å²) in [4.78, 5) is 4.43. The fourth-order valence-electron chi connectivity index (χ4n) is 2.28. The second kappa shape index (κ2) is 3.79. The van der Waals surface area contributed by atoms with Crippen LogP contribution in [0.3, 0.4) is 0 Å². The lowest BCUT2D eigenvalue weighted by Gasteiger charge is -2.20. The van der Waals surface area contributed by atoms with Gasteiger partial charge in [-0.05, 0) is 25.0 Å². The highest BCUT2D eigenvalue weighted by atomic mass is 16.5. The summed E-state index contributed by atoms with van der Waals surface area (Å²) >= 11 is 0. The summed E-state index contributed by atoms with van der Waals surface area (Å²) in [6, 6.07) is 3.53. The Kier molecular flexibility index (Phi) is 2.29. The van der Waals surface area contributed by atoms with Crippen LogP contribution in [0.15, 0.2) is 24.5 Å². The summed E-state index contributed by atoms with van der Waals surface area (Å²) in [7, 11) is 0. The minimum Gasteiger partial charge on any atom is -0.506 e. The quantitative estimate of drug-likeness (QED) is 0.795. The monoisotopic (exact) mass is 218 g/mol. The molecule has 0 saturated carbocycles. The van der Waals surface area contributed by atoms with E-state index in [0.29, 0.717) is 5.92 Å². The van der Waals surface area contributed by atoms with Crippen molar-refractivity contribution in [3.8, 4) is 5.75 Å². The average molecular weight is 218 g/mol. The molecule has 1 aliphatic rings. The van der Waals surface area contributed by atoms with Crippen LogP contribution in [0.25, 0.3) is 5.52 Å². The third-order valence-electron chi connectivity index (χ3n) is 3.16. The molecule has 84 valence electrons. The molecule has 0 aromatic carbocycles. The van der Waals surface area contributed by atoms with Crippen LogP contribution in [0.1, 0.15) is 24.6 Å². The van der Waals surface area contributed by atoms with Crippen LogP contribution in [-0.4, -0.2) is 27.7 Å². The first-order valence-corrected chi connectivity index (χ1v) is 5.59. The molecule has 4 nitrogen and oxygen atoms in total. The Morgan fingerprint density at radius 2 is 2.19 bits per heavy atom. The zero-order valence-corrected chi connectivity index (χ0v) is 8.97. The zero-order valence-electron chi connectivity index (χ0n) is 8.97. The summed E-state index contributed by atoms with van der Waals surface area (Å²) in [5.74, 6) is 1.76. The smallest absolute Gasteiger partial charge is 0.141 e. The second-order valence-corrected chi connectivity index (χ2v) is 4.15. The number of hydrogen-bond donors (Lipinski definition) is 1. The molecule has 0 unspecified atom stereocenters. The molecule has 1 fully saturated rings. The van der Waals surface area contributed by atoms with Gasteiger partial charge in [-0.2, -0.15) is 0 Å². The van der Waals surface area contributed by atoms with Crippen molar-refractivity contribution < 1.29 is 9.84 Å². The Morgan fingerprint density at radius 3 is 3.00 bits per heavy atom. The van der Waals surface area contributed by atoms with E-state index in [9.17, 15) is 5.11 Å². The van der Waals surface area contributed by atoms with Crippen molar-refractivity contribution in [1.29, 1.82) is 0 Å². The highest BCUT2D eigenvalue weighted by molar-refractivity contribution is 5.58. The Hall–Kier alpha value is -1.55. The maximum atomic E-state index is 9.70. The van der Waals surface area contributed by atoms with Gasteiger partial charge in [0.1, 0.15) is 17.1 Å². The lowest BCUT2D eigenvalue weighted by atomic mass is 10.00. The third kappa shape index (κ3) is 1.46. The van der Waals surface area contributed by atoms with E-state index in [1.165, 1.54) is 0 Å². The lowest BCUT2D eigenvalue weighted by molar-refractivity contribution is 0.0835. The molecule has 0 spiro atoms. The minimum absolute atomic E-state index is 0.285. The summed E-state index contributed by atoms with van der Waals surface area (Å²) < 4.78 is 7.32. The molecular weight excluding hydrogens is 204 g/mol. The van der Waals surface area contributed by atoms with Crippen LogP contribution in [0.4, 0.5) is 0 Å². The van der Waals surface area contributed by atoms with Gasteiger partial charge in [0.25, 0.3) is 0 Å². The highest BCUT2D eigenvalue weighted by Gasteiger charge is 2.20. The van der Waals surface area contributed by atoms with Crippen molar-refractivity contribution in [2.45, 2.75) is 18.8 Å². The SMILES string of the molecule is Oc1cccn2c(C3CCOCC3)ncc12. The van der Waals surface area contributed by atoms with Gasteiger partial charge in [-0.15, -0.1) is 0 Å². The number of nitrogens with zero attached hydrogens (tertiary/aromatic N) is 2. The van der Waals surface area contributed by atoms with Gasteiger partial charge in [0.2, 0.25) is 0 Å². The van der Waals surface area contributed by atoms with Crippen LogP contribution in [0.5, 0.6) is 5.75 Å². The minimum atomic E-state index is 0.285. The Morgan fingerprint density at radius 1 is 1.38 bits per heavy atom. The van der Waals surface area contributed by atoms with Gasteiger partial charge in [-0.3, -0.25) is 0 Å². The number of pyridine rings is 1. The van der Waals surface area contributed by atoms with Crippen molar-refractivity contribution in [1.82, 2.24) is 9.38 Å². The number of aromatic nitrogens is 2. The van der Waals surface area contributed by atoms with Gasteiger partial charge < -0.3 is 14.2 Å². The Balaban J connectivity index is 2.06. The number of ether oxygens (including phenoxy) is 1. The normalized spacial score (nSPS) is 18.0. The topological polar surface area (TPSA) is 46.8 Å². The van der Waals surface area contributed by atoms with E-state index in [-0.39, 0.29) is 5.75 Å². The van der Waals surface area contributed by atoms with Gasteiger partial charge in [0.15, 0.2) is 0 Å². The largest absolute Gasteiger partial charge is 0.506 e. The molecule has 0 radical (unpaired) electrons. The number of rotatable bonds is 1. The highest BCUT2D eigenvalue weighted by Crippen LogP contribution is 2.28. The number of hydrogen-bond acceptors (Lipinski definition) is 3. The van der Waals surface area contributed by atoms with Crippen LogP contribution in [0.2, 0.25) is 0 Å². The molecule has 3 rings (SSSR count). The average Bonchev–Trinajstić information content (AvgIpc) is 2.75. The molecule has 2 aromatic rings. The van der Waals surface area contributed by atoms with Crippen LogP contribution in [0, 0.1) is 0 Å². The molecule has 1 saturated heterocycles. The van der Waals surface area contributed by atoms with E-state index in [1.807, 2.05) is 16.7 Å². The molecule has 2 aromatic heterocycles.